The highest BCUT2D eigenvalue weighted by Crippen LogP contribution is 2.27. The zero-order valence-corrected chi connectivity index (χ0v) is 19.0. The van der Waals surface area contributed by atoms with Crippen molar-refractivity contribution in [3.8, 4) is 16.8 Å². The van der Waals surface area contributed by atoms with E-state index < -0.39 is 0 Å². The molecule has 1 aliphatic heterocycles. The van der Waals surface area contributed by atoms with Gasteiger partial charge in [0.1, 0.15) is 5.82 Å². The van der Waals surface area contributed by atoms with Crippen LogP contribution in [0.4, 0.5) is 0 Å². The number of rotatable bonds is 5. The summed E-state index contributed by atoms with van der Waals surface area (Å²) in [6.45, 7) is 2.49. The quantitative estimate of drug-likeness (QED) is 0.409. The third kappa shape index (κ3) is 3.52. The zero-order valence-electron chi connectivity index (χ0n) is 19.0. The van der Waals surface area contributed by atoms with E-state index in [9.17, 15) is 4.79 Å². The van der Waals surface area contributed by atoms with Gasteiger partial charge >= 0.3 is 5.69 Å². The summed E-state index contributed by atoms with van der Waals surface area (Å²) in [7, 11) is 2.01. The van der Waals surface area contributed by atoms with Crippen LogP contribution in [0.25, 0.3) is 28.0 Å². The summed E-state index contributed by atoms with van der Waals surface area (Å²) >= 11 is 0. The van der Waals surface area contributed by atoms with E-state index in [1.165, 1.54) is 0 Å². The van der Waals surface area contributed by atoms with Crippen LogP contribution in [0.2, 0.25) is 0 Å². The van der Waals surface area contributed by atoms with Crippen molar-refractivity contribution in [3.05, 3.63) is 95.8 Å². The molecule has 170 valence electrons. The van der Waals surface area contributed by atoms with Crippen LogP contribution in [0.1, 0.15) is 18.3 Å². The molecule has 0 spiro atoms. The molecule has 1 aliphatic rings. The molecule has 8 heteroatoms. The van der Waals surface area contributed by atoms with Crippen molar-refractivity contribution in [1.82, 2.24) is 33.6 Å². The molecule has 8 nitrogen and oxygen atoms in total. The molecule has 34 heavy (non-hydrogen) atoms. The first-order valence-electron chi connectivity index (χ1n) is 11.5. The van der Waals surface area contributed by atoms with Crippen molar-refractivity contribution in [2.75, 3.05) is 13.1 Å². The average molecular weight is 452 g/mol. The summed E-state index contributed by atoms with van der Waals surface area (Å²) in [5, 5.41) is 0. The Balaban J connectivity index is 1.35. The van der Waals surface area contributed by atoms with Crippen LogP contribution in [0.3, 0.4) is 0 Å². The predicted octanol–water partition coefficient (Wildman–Crippen LogP) is 3.43. The Hall–Kier alpha value is -4.04. The minimum absolute atomic E-state index is 0.0470. The molecule has 4 aromatic heterocycles. The number of imidazole rings is 2. The van der Waals surface area contributed by atoms with Gasteiger partial charge in [-0.1, -0.05) is 12.1 Å². The monoisotopic (exact) mass is 451 g/mol. The van der Waals surface area contributed by atoms with Gasteiger partial charge in [0.05, 0.1) is 23.8 Å². The number of aromatic nitrogens is 6. The van der Waals surface area contributed by atoms with E-state index in [0.29, 0.717) is 0 Å². The lowest BCUT2D eigenvalue weighted by atomic mass is 10.1. The Bertz CT molecular complexity index is 1500. The molecule has 0 radical (unpaired) electrons. The number of hydrogen-bond donors (Lipinski definition) is 0. The van der Waals surface area contributed by atoms with Gasteiger partial charge in [0.2, 0.25) is 0 Å². The standard InChI is InChI=1S/C26H25N7O/c1-30-16-14-28-24(30)18-31-15-10-22(17-31)33-25-23(3-2-11-29-25)32(26(33)34)21-6-4-19(5-7-21)20-8-12-27-13-9-20/h2-9,11-14,16,22H,10,15,17-18H2,1H3/t22-/m0/s1. The number of benzene rings is 1. The molecule has 0 amide bonds. The molecule has 5 heterocycles. The summed E-state index contributed by atoms with van der Waals surface area (Å²) in [5.74, 6) is 1.03. The first-order valence-corrected chi connectivity index (χ1v) is 11.5. The number of nitrogens with zero attached hydrogens (tertiary/aromatic N) is 7. The Morgan fingerprint density at radius 2 is 1.74 bits per heavy atom. The highest BCUT2D eigenvalue weighted by atomic mass is 16.2. The lowest BCUT2D eigenvalue weighted by Gasteiger charge is -2.16. The van der Waals surface area contributed by atoms with Crippen molar-refractivity contribution in [3.63, 3.8) is 0 Å². The van der Waals surface area contributed by atoms with Crippen LogP contribution >= 0.6 is 0 Å². The number of pyridine rings is 2. The molecule has 1 saturated heterocycles. The van der Waals surface area contributed by atoms with Crippen molar-refractivity contribution >= 4 is 11.2 Å². The lowest BCUT2D eigenvalue weighted by Crippen LogP contribution is -2.29. The van der Waals surface area contributed by atoms with Crippen LogP contribution in [0.5, 0.6) is 0 Å². The number of hydrogen-bond acceptors (Lipinski definition) is 5. The maximum atomic E-state index is 13.8. The third-order valence-electron chi connectivity index (χ3n) is 6.67. The summed E-state index contributed by atoms with van der Waals surface area (Å²) in [6, 6.07) is 16.0. The van der Waals surface area contributed by atoms with E-state index in [2.05, 4.69) is 19.9 Å². The molecule has 0 aliphatic carbocycles. The van der Waals surface area contributed by atoms with E-state index in [1.54, 1.807) is 23.2 Å². The highest BCUT2D eigenvalue weighted by molar-refractivity contribution is 5.74. The van der Waals surface area contributed by atoms with Crippen LogP contribution < -0.4 is 5.69 Å². The van der Waals surface area contributed by atoms with E-state index in [-0.39, 0.29) is 11.7 Å². The molecular weight excluding hydrogens is 426 g/mol. The Morgan fingerprint density at radius 1 is 0.941 bits per heavy atom. The average Bonchev–Trinajstić information content (AvgIpc) is 3.57. The summed E-state index contributed by atoms with van der Waals surface area (Å²) in [4.78, 5) is 29.3. The van der Waals surface area contributed by atoms with Crippen LogP contribution in [0, 0.1) is 0 Å². The SMILES string of the molecule is Cn1ccnc1CN1CC[C@H](n2c(=O)n(-c3ccc(-c4ccncc4)cc3)c3cccnc32)C1. The molecule has 0 unspecified atom stereocenters. The highest BCUT2D eigenvalue weighted by Gasteiger charge is 2.29. The van der Waals surface area contributed by atoms with Gasteiger partial charge in [0, 0.05) is 51.1 Å². The summed E-state index contributed by atoms with van der Waals surface area (Å²) in [6.07, 6.45) is 10.0. The van der Waals surface area contributed by atoms with Crippen molar-refractivity contribution in [2.24, 2.45) is 7.05 Å². The number of aryl methyl sites for hydroxylation is 1. The molecule has 1 fully saturated rings. The van der Waals surface area contributed by atoms with Gasteiger partial charge in [-0.3, -0.25) is 19.0 Å². The van der Waals surface area contributed by atoms with Crippen LogP contribution in [0.15, 0.2) is 84.3 Å². The Morgan fingerprint density at radius 3 is 2.50 bits per heavy atom. The van der Waals surface area contributed by atoms with Gasteiger partial charge < -0.3 is 4.57 Å². The lowest BCUT2D eigenvalue weighted by molar-refractivity contribution is 0.304. The summed E-state index contributed by atoms with van der Waals surface area (Å²) in [5.41, 5.74) is 4.52. The second kappa shape index (κ2) is 8.39. The molecule has 0 saturated carbocycles. The minimum atomic E-state index is -0.0470. The first-order chi connectivity index (χ1) is 16.7. The molecule has 1 aromatic carbocycles. The predicted molar refractivity (Wildman–Crippen MR) is 131 cm³/mol. The van der Waals surface area contributed by atoms with Gasteiger partial charge in [-0.05, 0) is 53.9 Å². The smallest absolute Gasteiger partial charge is 0.335 e. The fourth-order valence-electron chi connectivity index (χ4n) is 4.89. The van der Waals surface area contributed by atoms with Crippen LogP contribution in [-0.4, -0.2) is 46.6 Å². The van der Waals surface area contributed by atoms with Crippen LogP contribution in [-0.2, 0) is 13.6 Å². The van der Waals surface area contributed by atoms with E-state index >= 15 is 0 Å². The van der Waals surface area contributed by atoms with Gasteiger partial charge in [-0.2, -0.15) is 0 Å². The van der Waals surface area contributed by atoms with Crippen molar-refractivity contribution in [1.29, 1.82) is 0 Å². The maximum absolute atomic E-state index is 13.8. The second-order valence-corrected chi connectivity index (χ2v) is 8.75. The topological polar surface area (TPSA) is 73.8 Å². The number of fused-ring (bicyclic) bond motifs is 1. The fraction of sp³-hybridized carbons (Fsp3) is 0.231. The van der Waals surface area contributed by atoms with Gasteiger partial charge in [0.25, 0.3) is 0 Å². The Labute approximate surface area is 196 Å². The molecule has 1 atom stereocenters. The normalized spacial score (nSPS) is 16.4. The van der Waals surface area contributed by atoms with Gasteiger partial charge in [-0.15, -0.1) is 0 Å². The second-order valence-electron chi connectivity index (χ2n) is 8.75. The van der Waals surface area contributed by atoms with Gasteiger partial charge in [-0.25, -0.2) is 14.8 Å². The summed E-state index contributed by atoms with van der Waals surface area (Å²) < 4.78 is 5.70. The largest absolute Gasteiger partial charge is 0.337 e. The van der Waals surface area contributed by atoms with Crippen molar-refractivity contribution in [2.45, 2.75) is 19.0 Å². The van der Waals surface area contributed by atoms with Gasteiger partial charge in [0.15, 0.2) is 5.65 Å². The van der Waals surface area contributed by atoms with E-state index in [4.69, 9.17) is 0 Å². The first kappa shape index (κ1) is 20.6. The molecule has 0 bridgehead atoms. The maximum Gasteiger partial charge on any atom is 0.335 e. The Kier molecular flexibility index (Phi) is 5.07. The van der Waals surface area contributed by atoms with E-state index in [0.717, 1.165) is 59.9 Å². The third-order valence-corrected chi connectivity index (χ3v) is 6.67. The molecular formula is C26H25N7O. The van der Waals surface area contributed by atoms with Crippen molar-refractivity contribution < 1.29 is 0 Å². The fourth-order valence-corrected chi connectivity index (χ4v) is 4.89. The molecule has 0 N–H and O–H groups in total. The van der Waals surface area contributed by atoms with E-state index in [1.807, 2.05) is 77.1 Å². The molecule has 5 aromatic rings. The zero-order chi connectivity index (χ0) is 23.1. The molecule has 6 rings (SSSR count). The number of likely N-dealkylation sites (tertiary alicyclic amines) is 1. The minimum Gasteiger partial charge on any atom is -0.337 e.